The fraction of sp³-hybridized carbons (Fsp3) is 0.300. The minimum atomic E-state index is -0.954. The van der Waals surface area contributed by atoms with Crippen LogP contribution >= 0.6 is 15.9 Å². The first-order valence-corrected chi connectivity index (χ1v) is 5.31. The number of benzene rings is 1. The molecule has 6 heteroatoms. The first-order valence-electron chi connectivity index (χ1n) is 4.51. The van der Waals surface area contributed by atoms with Gasteiger partial charge in [0.15, 0.2) is 0 Å². The van der Waals surface area contributed by atoms with E-state index in [4.69, 9.17) is 5.73 Å². The predicted octanol–water partition coefficient (Wildman–Crippen LogP) is 2.12. The van der Waals surface area contributed by atoms with Gasteiger partial charge in [0.2, 0.25) is 5.91 Å². The fourth-order valence-corrected chi connectivity index (χ4v) is 2.18. The van der Waals surface area contributed by atoms with E-state index in [1.807, 2.05) is 0 Å². The van der Waals surface area contributed by atoms with Crippen LogP contribution in [0.15, 0.2) is 22.7 Å². The van der Waals surface area contributed by atoms with E-state index >= 15 is 0 Å². The molecular weight excluding hydrogens is 276 g/mol. The summed E-state index contributed by atoms with van der Waals surface area (Å²) in [7, 11) is 0. The molecule has 1 amide bonds. The average Bonchev–Trinajstić information content (AvgIpc) is 2.16. The highest BCUT2D eigenvalue weighted by Gasteiger charge is 2.32. The highest BCUT2D eigenvalue weighted by Crippen LogP contribution is 2.35. The largest absolute Gasteiger partial charge is 0.369 e. The van der Waals surface area contributed by atoms with Gasteiger partial charge in [-0.25, -0.2) is 0 Å². The normalized spacial score (nSPS) is 11.2. The predicted molar refractivity (Wildman–Crippen MR) is 63.0 cm³/mol. The van der Waals surface area contributed by atoms with Crippen molar-refractivity contribution in [3.63, 3.8) is 0 Å². The molecule has 86 valence electrons. The lowest BCUT2D eigenvalue weighted by Crippen LogP contribution is -2.35. The van der Waals surface area contributed by atoms with E-state index in [0.29, 0.717) is 10.0 Å². The summed E-state index contributed by atoms with van der Waals surface area (Å²) < 4.78 is 0.295. The summed E-state index contributed by atoms with van der Waals surface area (Å²) in [5.74, 6) is -0.534. The Hall–Kier alpha value is -1.43. The SMILES string of the molecule is CC(C)(C(N)=O)c1cccc([N+](=O)[O-])c1Br. The van der Waals surface area contributed by atoms with Crippen molar-refractivity contribution >= 4 is 27.5 Å². The van der Waals surface area contributed by atoms with Crippen molar-refractivity contribution in [3.05, 3.63) is 38.3 Å². The van der Waals surface area contributed by atoms with Crippen molar-refractivity contribution in [3.8, 4) is 0 Å². The number of nitro benzene ring substituents is 1. The Morgan fingerprint density at radius 2 is 2.06 bits per heavy atom. The first kappa shape index (κ1) is 12.6. The van der Waals surface area contributed by atoms with Crippen LogP contribution in [0.25, 0.3) is 0 Å². The maximum atomic E-state index is 11.3. The topological polar surface area (TPSA) is 86.2 Å². The Bertz CT molecular complexity index is 457. The zero-order valence-corrected chi connectivity index (χ0v) is 10.4. The summed E-state index contributed by atoms with van der Waals surface area (Å²) >= 11 is 3.14. The van der Waals surface area contributed by atoms with Gasteiger partial charge in [0.05, 0.1) is 14.8 Å². The Morgan fingerprint density at radius 1 is 1.50 bits per heavy atom. The quantitative estimate of drug-likeness (QED) is 0.682. The van der Waals surface area contributed by atoms with Gasteiger partial charge in [-0.05, 0) is 35.3 Å². The van der Waals surface area contributed by atoms with E-state index in [9.17, 15) is 14.9 Å². The highest BCUT2D eigenvalue weighted by molar-refractivity contribution is 9.10. The van der Waals surface area contributed by atoms with E-state index in [0.717, 1.165) is 0 Å². The number of hydrogen-bond donors (Lipinski definition) is 1. The van der Waals surface area contributed by atoms with Crippen LogP contribution in [0.2, 0.25) is 0 Å². The average molecular weight is 287 g/mol. The van der Waals surface area contributed by atoms with Gasteiger partial charge >= 0.3 is 0 Å². The lowest BCUT2D eigenvalue weighted by molar-refractivity contribution is -0.385. The third-order valence-electron chi connectivity index (χ3n) is 2.46. The molecule has 0 aliphatic heterocycles. The molecule has 1 rings (SSSR count). The van der Waals surface area contributed by atoms with Crippen molar-refractivity contribution in [1.29, 1.82) is 0 Å². The smallest absolute Gasteiger partial charge is 0.283 e. The van der Waals surface area contributed by atoms with Gasteiger partial charge < -0.3 is 5.73 Å². The molecule has 1 aromatic rings. The van der Waals surface area contributed by atoms with Crippen LogP contribution in [0.5, 0.6) is 0 Å². The second-order valence-electron chi connectivity index (χ2n) is 3.89. The molecule has 0 saturated heterocycles. The molecule has 2 N–H and O–H groups in total. The molecule has 5 nitrogen and oxygen atoms in total. The molecule has 16 heavy (non-hydrogen) atoms. The van der Waals surface area contributed by atoms with E-state index < -0.39 is 16.2 Å². The molecule has 0 unspecified atom stereocenters. The van der Waals surface area contributed by atoms with Gasteiger partial charge in [-0.1, -0.05) is 12.1 Å². The number of carbonyl (C=O) groups excluding carboxylic acids is 1. The first-order chi connectivity index (χ1) is 7.28. The zero-order chi connectivity index (χ0) is 12.5. The summed E-state index contributed by atoms with van der Waals surface area (Å²) in [4.78, 5) is 21.5. The third-order valence-corrected chi connectivity index (χ3v) is 3.30. The van der Waals surface area contributed by atoms with Gasteiger partial charge in [0.1, 0.15) is 0 Å². The minimum absolute atomic E-state index is 0.0770. The van der Waals surface area contributed by atoms with Gasteiger partial charge in [-0.2, -0.15) is 0 Å². The maximum Gasteiger partial charge on any atom is 0.283 e. The van der Waals surface area contributed by atoms with E-state index in [1.54, 1.807) is 19.9 Å². The zero-order valence-electron chi connectivity index (χ0n) is 8.86. The number of nitro groups is 1. The van der Waals surface area contributed by atoms with E-state index in [-0.39, 0.29) is 5.69 Å². The Kier molecular flexibility index (Phi) is 3.32. The number of amides is 1. The Labute approximate surface area is 101 Å². The van der Waals surface area contributed by atoms with Crippen LogP contribution in [0.3, 0.4) is 0 Å². The second-order valence-corrected chi connectivity index (χ2v) is 4.68. The van der Waals surface area contributed by atoms with Crippen molar-refractivity contribution in [2.24, 2.45) is 5.73 Å². The van der Waals surface area contributed by atoms with Crippen molar-refractivity contribution in [2.75, 3.05) is 0 Å². The monoisotopic (exact) mass is 286 g/mol. The van der Waals surface area contributed by atoms with Crippen LogP contribution in [-0.2, 0) is 10.2 Å². The van der Waals surface area contributed by atoms with Crippen LogP contribution in [0, 0.1) is 10.1 Å². The summed E-state index contributed by atoms with van der Waals surface area (Å²) in [5.41, 5.74) is 4.75. The van der Waals surface area contributed by atoms with Crippen LogP contribution in [0.1, 0.15) is 19.4 Å². The second kappa shape index (κ2) is 4.21. The van der Waals surface area contributed by atoms with Crippen LogP contribution in [-0.4, -0.2) is 10.8 Å². The molecule has 0 spiro atoms. The van der Waals surface area contributed by atoms with Gasteiger partial charge in [0, 0.05) is 6.07 Å². The summed E-state index contributed by atoms with van der Waals surface area (Å²) in [6, 6.07) is 4.54. The number of carbonyl (C=O) groups is 1. The summed E-state index contributed by atoms with van der Waals surface area (Å²) in [6.07, 6.45) is 0. The third kappa shape index (κ3) is 2.06. The van der Waals surface area contributed by atoms with Crippen LogP contribution < -0.4 is 5.73 Å². The maximum absolute atomic E-state index is 11.3. The van der Waals surface area contributed by atoms with Gasteiger partial charge in [-0.3, -0.25) is 14.9 Å². The number of primary amides is 1. The molecule has 0 radical (unpaired) electrons. The number of nitrogens with two attached hydrogens (primary N) is 1. The Balaban J connectivity index is 3.42. The molecule has 0 aliphatic rings. The number of rotatable bonds is 3. The number of hydrogen-bond acceptors (Lipinski definition) is 3. The molecule has 0 heterocycles. The highest BCUT2D eigenvalue weighted by atomic mass is 79.9. The minimum Gasteiger partial charge on any atom is -0.369 e. The lowest BCUT2D eigenvalue weighted by atomic mass is 9.84. The molecular formula is C10H11BrN2O3. The van der Waals surface area contributed by atoms with E-state index in [1.165, 1.54) is 12.1 Å². The Morgan fingerprint density at radius 3 is 2.50 bits per heavy atom. The summed E-state index contributed by atoms with van der Waals surface area (Å²) in [6.45, 7) is 3.25. The molecule has 1 aromatic carbocycles. The van der Waals surface area contributed by atoms with Gasteiger partial charge in [0.25, 0.3) is 5.69 Å². The van der Waals surface area contributed by atoms with Crippen molar-refractivity contribution in [1.82, 2.24) is 0 Å². The molecule has 0 aromatic heterocycles. The molecule has 0 aliphatic carbocycles. The molecule has 0 saturated carbocycles. The van der Waals surface area contributed by atoms with Crippen LogP contribution in [0.4, 0.5) is 5.69 Å². The van der Waals surface area contributed by atoms with Crippen molar-refractivity contribution < 1.29 is 9.72 Å². The standard InChI is InChI=1S/C10H11BrN2O3/c1-10(2,9(12)14)6-4-3-5-7(8(6)11)13(15)16/h3-5H,1-2H3,(H2,12,14). The lowest BCUT2D eigenvalue weighted by Gasteiger charge is -2.22. The molecule has 0 bridgehead atoms. The molecule has 0 fully saturated rings. The number of nitrogens with zero attached hydrogens (tertiary/aromatic N) is 1. The van der Waals surface area contributed by atoms with Gasteiger partial charge in [-0.15, -0.1) is 0 Å². The number of halogens is 1. The fourth-order valence-electron chi connectivity index (χ4n) is 1.28. The summed E-state index contributed by atoms with van der Waals surface area (Å²) in [5, 5.41) is 10.7. The van der Waals surface area contributed by atoms with Crippen molar-refractivity contribution in [2.45, 2.75) is 19.3 Å². The van der Waals surface area contributed by atoms with E-state index in [2.05, 4.69) is 15.9 Å². The molecule has 0 atom stereocenters.